The van der Waals surface area contributed by atoms with E-state index >= 15 is 0 Å². The van der Waals surface area contributed by atoms with Gasteiger partial charge < -0.3 is 4.84 Å². The van der Waals surface area contributed by atoms with Gasteiger partial charge in [-0.05, 0) is 61.7 Å². The summed E-state index contributed by atoms with van der Waals surface area (Å²) in [6.07, 6.45) is 3.43. The van der Waals surface area contributed by atoms with E-state index < -0.39 is 5.60 Å². The summed E-state index contributed by atoms with van der Waals surface area (Å²) >= 11 is 12.3. The second-order valence-corrected chi connectivity index (χ2v) is 8.97. The Bertz CT molecular complexity index is 1170. The van der Waals surface area contributed by atoms with Crippen molar-refractivity contribution in [3.05, 3.63) is 86.7 Å². The zero-order valence-corrected chi connectivity index (χ0v) is 19.2. The van der Waals surface area contributed by atoms with Gasteiger partial charge >= 0.3 is 0 Å². The highest BCUT2D eigenvalue weighted by Gasteiger charge is 2.37. The Labute approximate surface area is 191 Å². The molecule has 0 amide bonds. The summed E-state index contributed by atoms with van der Waals surface area (Å²) in [5.41, 5.74) is 4.70. The summed E-state index contributed by atoms with van der Waals surface area (Å²) in [7, 11) is 1.88. The molecule has 1 aromatic heterocycles. The van der Waals surface area contributed by atoms with Gasteiger partial charge in [0, 0.05) is 53.0 Å². The van der Waals surface area contributed by atoms with E-state index in [4.69, 9.17) is 28.0 Å². The third-order valence-electron chi connectivity index (χ3n) is 5.73. The lowest BCUT2D eigenvalue weighted by molar-refractivity contribution is -0.00737. The molecule has 0 saturated carbocycles. The average Bonchev–Trinajstić information content (AvgIpc) is 3.32. The molecule has 0 N–H and O–H groups in total. The van der Waals surface area contributed by atoms with E-state index in [1.807, 2.05) is 57.3 Å². The van der Waals surface area contributed by atoms with Crippen LogP contribution in [0.5, 0.6) is 0 Å². The van der Waals surface area contributed by atoms with Crippen molar-refractivity contribution in [2.45, 2.75) is 38.7 Å². The van der Waals surface area contributed by atoms with Crippen LogP contribution < -0.4 is 0 Å². The third kappa shape index (κ3) is 4.53. The van der Waals surface area contributed by atoms with E-state index in [0.29, 0.717) is 29.3 Å². The number of aryl methyl sites for hydroxylation is 3. The number of rotatable bonds is 6. The molecule has 0 saturated heterocycles. The van der Waals surface area contributed by atoms with E-state index in [0.717, 1.165) is 33.7 Å². The molecule has 160 valence electrons. The summed E-state index contributed by atoms with van der Waals surface area (Å²) in [5.74, 6) is 0.119. The van der Waals surface area contributed by atoms with Gasteiger partial charge in [0.1, 0.15) is 0 Å². The van der Waals surface area contributed by atoms with Crippen molar-refractivity contribution in [1.29, 1.82) is 0 Å². The fraction of sp³-hybridized carbons (Fsp3) is 0.292. The van der Waals surface area contributed by atoms with Crippen LogP contribution in [0.1, 0.15) is 52.5 Å². The number of nitrogens with zero attached hydrogens (tertiary/aromatic N) is 3. The van der Waals surface area contributed by atoms with Gasteiger partial charge in [-0.15, -0.1) is 0 Å². The molecule has 0 spiro atoms. The Morgan fingerprint density at radius 3 is 2.55 bits per heavy atom. The minimum Gasteiger partial charge on any atom is -0.384 e. The summed E-state index contributed by atoms with van der Waals surface area (Å²) < 4.78 is 1.80. The Hall–Kier alpha value is -2.63. The fourth-order valence-corrected chi connectivity index (χ4v) is 4.41. The second-order valence-electron chi connectivity index (χ2n) is 8.09. The van der Waals surface area contributed by atoms with E-state index in [2.05, 4.69) is 10.3 Å². The van der Waals surface area contributed by atoms with Gasteiger partial charge in [0.25, 0.3) is 0 Å². The highest BCUT2D eigenvalue weighted by molar-refractivity contribution is 6.34. The predicted octanol–water partition coefficient (Wildman–Crippen LogP) is 5.89. The summed E-state index contributed by atoms with van der Waals surface area (Å²) in [5, 5.41) is 9.60. The number of hydrogen-bond donors (Lipinski definition) is 0. The quantitative estimate of drug-likeness (QED) is 0.435. The van der Waals surface area contributed by atoms with Gasteiger partial charge in [-0.2, -0.15) is 5.10 Å². The molecule has 5 nitrogen and oxygen atoms in total. The molecule has 0 aliphatic carbocycles. The molecule has 0 fully saturated rings. The minimum atomic E-state index is -0.643. The van der Waals surface area contributed by atoms with Crippen LogP contribution in [0.15, 0.2) is 53.8 Å². The smallest absolute Gasteiger partial charge is 0.165 e. The molecule has 1 atom stereocenters. The average molecular weight is 456 g/mol. The molecule has 7 heteroatoms. The normalized spacial score (nSPS) is 18.0. The molecule has 2 heterocycles. The maximum Gasteiger partial charge on any atom is 0.165 e. The van der Waals surface area contributed by atoms with Crippen molar-refractivity contribution in [3.8, 4) is 0 Å². The molecule has 1 unspecified atom stereocenters. The number of carbonyl (C=O) groups is 1. The summed E-state index contributed by atoms with van der Waals surface area (Å²) in [4.78, 5) is 18.6. The van der Waals surface area contributed by atoms with Crippen molar-refractivity contribution in [2.75, 3.05) is 0 Å². The largest absolute Gasteiger partial charge is 0.384 e. The van der Waals surface area contributed by atoms with Gasteiger partial charge in [-0.1, -0.05) is 40.5 Å². The first-order valence-corrected chi connectivity index (χ1v) is 10.8. The highest BCUT2D eigenvalue weighted by Crippen LogP contribution is 2.38. The van der Waals surface area contributed by atoms with Crippen molar-refractivity contribution < 1.29 is 9.63 Å². The molecular formula is C24H23Cl2N3O2. The van der Waals surface area contributed by atoms with Crippen LogP contribution in [-0.2, 0) is 23.9 Å². The van der Waals surface area contributed by atoms with Gasteiger partial charge in [-0.3, -0.25) is 9.48 Å². The van der Waals surface area contributed by atoms with E-state index in [9.17, 15) is 4.79 Å². The molecule has 1 aliphatic rings. The van der Waals surface area contributed by atoms with Crippen molar-refractivity contribution in [2.24, 2.45) is 12.2 Å². The molecule has 0 bridgehead atoms. The molecule has 2 aromatic carbocycles. The van der Waals surface area contributed by atoms with E-state index in [-0.39, 0.29) is 5.78 Å². The number of Topliss-reactive ketones (excluding diaryl/α,β-unsaturated/α-hetero) is 1. The lowest BCUT2D eigenvalue weighted by Gasteiger charge is -2.22. The van der Waals surface area contributed by atoms with Crippen LogP contribution in [0.2, 0.25) is 10.0 Å². The van der Waals surface area contributed by atoms with Crippen molar-refractivity contribution >= 4 is 34.7 Å². The zero-order valence-electron chi connectivity index (χ0n) is 17.7. The SMILES string of the molecule is Cc1cc(C2=NOC(C)(c3cc(Cl)cc(Cl)c3)C2)ccc1C(=O)CCc1ccnn1C. The fourth-order valence-electron chi connectivity index (χ4n) is 3.89. The summed E-state index contributed by atoms with van der Waals surface area (Å²) in [6, 6.07) is 13.1. The van der Waals surface area contributed by atoms with Crippen molar-refractivity contribution in [1.82, 2.24) is 9.78 Å². The van der Waals surface area contributed by atoms with E-state index in [1.165, 1.54) is 0 Å². The number of carbonyl (C=O) groups excluding carboxylic acids is 1. The van der Waals surface area contributed by atoms with Gasteiger partial charge in [0.05, 0.1) is 5.71 Å². The van der Waals surface area contributed by atoms with Crippen LogP contribution in [0.3, 0.4) is 0 Å². The van der Waals surface area contributed by atoms with Crippen LogP contribution in [0.4, 0.5) is 0 Å². The number of oxime groups is 1. The topological polar surface area (TPSA) is 56.5 Å². The molecule has 4 rings (SSSR count). The molecular weight excluding hydrogens is 433 g/mol. The number of aromatic nitrogens is 2. The van der Waals surface area contributed by atoms with Gasteiger partial charge in [0.15, 0.2) is 11.4 Å². The maximum absolute atomic E-state index is 12.7. The van der Waals surface area contributed by atoms with Crippen LogP contribution in [-0.4, -0.2) is 21.3 Å². The zero-order chi connectivity index (χ0) is 22.2. The van der Waals surface area contributed by atoms with Crippen LogP contribution >= 0.6 is 23.2 Å². The monoisotopic (exact) mass is 455 g/mol. The number of hydrogen-bond acceptors (Lipinski definition) is 4. The van der Waals surface area contributed by atoms with Crippen molar-refractivity contribution in [3.63, 3.8) is 0 Å². The Morgan fingerprint density at radius 1 is 1.16 bits per heavy atom. The standard InChI is InChI=1S/C24H23Cl2N3O2/c1-15-10-16(4-6-21(15)23(30)7-5-20-8-9-27-29(20)3)22-14-24(2,31-28-22)17-11-18(25)13-19(26)12-17/h4,6,8-13H,5,7,14H2,1-3H3. The number of ketones is 1. The minimum absolute atomic E-state index is 0.119. The Kier molecular flexibility index (Phi) is 5.91. The Morgan fingerprint density at radius 2 is 1.90 bits per heavy atom. The van der Waals surface area contributed by atoms with Gasteiger partial charge in [0.2, 0.25) is 0 Å². The Balaban J connectivity index is 1.48. The van der Waals surface area contributed by atoms with Crippen LogP contribution in [0, 0.1) is 6.92 Å². The lowest BCUT2D eigenvalue weighted by Crippen LogP contribution is -2.22. The maximum atomic E-state index is 12.7. The summed E-state index contributed by atoms with van der Waals surface area (Å²) in [6.45, 7) is 3.92. The molecule has 31 heavy (non-hydrogen) atoms. The van der Waals surface area contributed by atoms with Crippen LogP contribution in [0.25, 0.3) is 0 Å². The molecule has 0 radical (unpaired) electrons. The van der Waals surface area contributed by atoms with Gasteiger partial charge in [-0.25, -0.2) is 0 Å². The first-order valence-electron chi connectivity index (χ1n) is 10.1. The molecule has 1 aliphatic heterocycles. The highest BCUT2D eigenvalue weighted by atomic mass is 35.5. The number of halogens is 2. The van der Waals surface area contributed by atoms with E-state index in [1.54, 1.807) is 16.9 Å². The first kappa shape index (κ1) is 21.6. The number of benzene rings is 2. The predicted molar refractivity (Wildman–Crippen MR) is 123 cm³/mol. The molecule has 3 aromatic rings. The third-order valence-corrected chi connectivity index (χ3v) is 6.16. The lowest BCUT2D eigenvalue weighted by atomic mass is 9.88. The first-order chi connectivity index (χ1) is 14.7. The second kappa shape index (κ2) is 8.48.